The molecule has 0 amide bonds. The van der Waals surface area contributed by atoms with E-state index in [4.69, 9.17) is 14.2 Å². The molecule has 0 unspecified atom stereocenters. The van der Waals surface area contributed by atoms with Crippen LogP contribution in [0.25, 0.3) is 11.3 Å². The van der Waals surface area contributed by atoms with Gasteiger partial charge in [0.05, 0.1) is 18.6 Å². The molecule has 1 aliphatic carbocycles. The van der Waals surface area contributed by atoms with E-state index >= 15 is 0 Å². The number of benzene rings is 1. The molecule has 1 aromatic carbocycles. The zero-order valence-electron chi connectivity index (χ0n) is 16.1. The summed E-state index contributed by atoms with van der Waals surface area (Å²) in [5.41, 5.74) is 4.29. The van der Waals surface area contributed by atoms with E-state index in [-0.39, 0.29) is 0 Å². The van der Waals surface area contributed by atoms with Crippen molar-refractivity contribution < 1.29 is 9.26 Å². The van der Waals surface area contributed by atoms with E-state index in [2.05, 4.69) is 23.6 Å². The molecule has 0 atom stereocenters. The molecule has 4 rings (SSSR count). The lowest BCUT2D eigenvalue weighted by atomic mass is 10.1. The van der Waals surface area contributed by atoms with Gasteiger partial charge in [-0.05, 0) is 51.0 Å². The van der Waals surface area contributed by atoms with Crippen LogP contribution in [0.3, 0.4) is 0 Å². The van der Waals surface area contributed by atoms with Crippen LogP contribution in [0.4, 0.5) is 0 Å². The van der Waals surface area contributed by atoms with Crippen molar-refractivity contribution in [2.45, 2.75) is 56.5 Å². The van der Waals surface area contributed by atoms with Gasteiger partial charge in [-0.3, -0.25) is 0 Å². The maximum Gasteiger partial charge on any atom is 0.169 e. The summed E-state index contributed by atoms with van der Waals surface area (Å²) >= 11 is 1.73. The van der Waals surface area contributed by atoms with E-state index in [0.29, 0.717) is 6.04 Å². The summed E-state index contributed by atoms with van der Waals surface area (Å²) < 4.78 is 13.2. The molecule has 5 nitrogen and oxygen atoms in total. The maximum absolute atomic E-state index is 5.56. The van der Waals surface area contributed by atoms with Crippen LogP contribution in [0.5, 0.6) is 5.75 Å². The van der Waals surface area contributed by atoms with Gasteiger partial charge < -0.3 is 13.8 Å². The second-order valence-electron chi connectivity index (χ2n) is 7.07. The number of hydrogen-bond donors (Lipinski definition) is 0. The lowest BCUT2D eigenvalue weighted by Crippen LogP contribution is -2.08. The predicted molar refractivity (Wildman–Crippen MR) is 107 cm³/mol. The second-order valence-corrected chi connectivity index (χ2v) is 8.01. The zero-order chi connectivity index (χ0) is 18.8. The highest BCUT2D eigenvalue weighted by Crippen LogP contribution is 2.36. The summed E-state index contributed by atoms with van der Waals surface area (Å²) in [6.45, 7) is 4.28. The van der Waals surface area contributed by atoms with Gasteiger partial charge in [-0.25, -0.2) is 4.98 Å². The summed E-state index contributed by atoms with van der Waals surface area (Å²) in [4.78, 5) is 4.80. The van der Waals surface area contributed by atoms with Gasteiger partial charge in [-0.15, -0.1) is 0 Å². The fourth-order valence-electron chi connectivity index (χ4n) is 3.70. The van der Waals surface area contributed by atoms with Crippen molar-refractivity contribution in [1.29, 1.82) is 0 Å². The molecule has 1 saturated carbocycles. The lowest BCUT2D eigenvalue weighted by Gasteiger charge is -2.16. The maximum atomic E-state index is 5.56. The standard InChI is InChI=1S/C21H25N3O2S/c1-14-15(2)24(17-6-4-5-7-17)21(22-14)27-13-19-12-20(23-26-19)16-8-10-18(25-3)11-9-16/h8-12,17H,4-7,13H2,1-3H3. The first-order valence-corrected chi connectivity index (χ1v) is 10.4. The third-order valence-corrected chi connectivity index (χ3v) is 6.31. The Morgan fingerprint density at radius 2 is 1.93 bits per heavy atom. The average molecular weight is 384 g/mol. The lowest BCUT2D eigenvalue weighted by molar-refractivity contribution is 0.397. The number of nitrogens with zero attached hydrogens (tertiary/aromatic N) is 3. The molecule has 3 aromatic rings. The molecule has 1 fully saturated rings. The molecule has 0 aliphatic heterocycles. The summed E-state index contributed by atoms with van der Waals surface area (Å²) in [6, 6.07) is 10.5. The van der Waals surface area contributed by atoms with Crippen molar-refractivity contribution in [3.8, 4) is 17.0 Å². The first kappa shape index (κ1) is 18.2. The Morgan fingerprint density at radius 1 is 1.19 bits per heavy atom. The number of rotatable bonds is 6. The zero-order valence-corrected chi connectivity index (χ0v) is 16.9. The molecule has 1 aliphatic rings. The molecule has 0 spiro atoms. The summed E-state index contributed by atoms with van der Waals surface area (Å²) in [6.07, 6.45) is 5.15. The van der Waals surface area contributed by atoms with Crippen LogP contribution in [0.1, 0.15) is 48.9 Å². The molecule has 2 heterocycles. The average Bonchev–Trinajstić information content (AvgIpc) is 3.42. The minimum Gasteiger partial charge on any atom is -0.497 e. The minimum atomic E-state index is 0.596. The van der Waals surface area contributed by atoms with Crippen LogP contribution in [-0.2, 0) is 5.75 Å². The Balaban J connectivity index is 1.48. The van der Waals surface area contributed by atoms with Crippen molar-refractivity contribution >= 4 is 11.8 Å². The number of hydrogen-bond acceptors (Lipinski definition) is 5. The molecule has 0 bridgehead atoms. The summed E-state index contributed by atoms with van der Waals surface area (Å²) in [7, 11) is 1.67. The summed E-state index contributed by atoms with van der Waals surface area (Å²) in [5, 5.41) is 5.32. The molecule has 0 radical (unpaired) electrons. The molecular weight excluding hydrogens is 358 g/mol. The van der Waals surface area contributed by atoms with Gasteiger partial charge in [0.2, 0.25) is 0 Å². The van der Waals surface area contributed by atoms with E-state index in [1.807, 2.05) is 30.3 Å². The molecule has 6 heteroatoms. The van der Waals surface area contributed by atoms with Gasteiger partial charge in [-0.2, -0.15) is 0 Å². The van der Waals surface area contributed by atoms with Gasteiger partial charge in [-0.1, -0.05) is 29.8 Å². The third kappa shape index (κ3) is 3.76. The van der Waals surface area contributed by atoms with Crippen LogP contribution in [-0.4, -0.2) is 21.8 Å². The Morgan fingerprint density at radius 3 is 2.63 bits per heavy atom. The number of imidazole rings is 1. The van der Waals surface area contributed by atoms with E-state index < -0.39 is 0 Å². The molecular formula is C21H25N3O2S. The van der Waals surface area contributed by atoms with Crippen LogP contribution in [0.15, 0.2) is 40.0 Å². The molecule has 0 saturated heterocycles. The Hall–Kier alpha value is -2.21. The number of methoxy groups -OCH3 is 1. The van der Waals surface area contributed by atoms with Crippen molar-refractivity contribution in [2.75, 3.05) is 7.11 Å². The van der Waals surface area contributed by atoms with Crippen molar-refractivity contribution in [3.63, 3.8) is 0 Å². The Bertz CT molecular complexity index is 908. The monoisotopic (exact) mass is 383 g/mol. The Labute approximate surface area is 164 Å². The predicted octanol–water partition coefficient (Wildman–Crippen LogP) is 5.57. The van der Waals surface area contributed by atoms with Crippen molar-refractivity contribution in [1.82, 2.24) is 14.7 Å². The molecule has 27 heavy (non-hydrogen) atoms. The number of ether oxygens (including phenoxy) is 1. The highest BCUT2D eigenvalue weighted by molar-refractivity contribution is 7.98. The first-order valence-electron chi connectivity index (χ1n) is 9.44. The number of aromatic nitrogens is 3. The van der Waals surface area contributed by atoms with Crippen LogP contribution in [0.2, 0.25) is 0 Å². The molecule has 0 N–H and O–H groups in total. The summed E-state index contributed by atoms with van der Waals surface area (Å²) in [5.74, 6) is 2.43. The van der Waals surface area contributed by atoms with Crippen molar-refractivity contribution in [3.05, 3.63) is 47.5 Å². The van der Waals surface area contributed by atoms with Crippen molar-refractivity contribution in [2.24, 2.45) is 0 Å². The smallest absolute Gasteiger partial charge is 0.169 e. The van der Waals surface area contributed by atoms with Crippen LogP contribution >= 0.6 is 11.8 Å². The van der Waals surface area contributed by atoms with E-state index in [1.165, 1.54) is 31.4 Å². The van der Waals surface area contributed by atoms with E-state index in [9.17, 15) is 0 Å². The van der Waals surface area contributed by atoms with Crippen LogP contribution < -0.4 is 4.74 Å². The normalized spacial score (nSPS) is 14.8. The van der Waals surface area contributed by atoms with E-state index in [1.54, 1.807) is 18.9 Å². The largest absolute Gasteiger partial charge is 0.497 e. The SMILES string of the molecule is COc1ccc(-c2cc(CSc3nc(C)c(C)n3C3CCCC3)on2)cc1. The van der Waals surface area contributed by atoms with E-state index in [0.717, 1.165) is 39.4 Å². The van der Waals surface area contributed by atoms with Gasteiger partial charge >= 0.3 is 0 Å². The molecule has 142 valence electrons. The van der Waals surface area contributed by atoms with Gasteiger partial charge in [0.1, 0.15) is 17.2 Å². The number of aryl methyl sites for hydroxylation is 1. The second kappa shape index (κ2) is 7.80. The third-order valence-electron chi connectivity index (χ3n) is 5.33. The van der Waals surface area contributed by atoms with Gasteiger partial charge in [0, 0.05) is 23.4 Å². The van der Waals surface area contributed by atoms with Gasteiger partial charge in [0.15, 0.2) is 5.16 Å². The highest BCUT2D eigenvalue weighted by Gasteiger charge is 2.23. The fraction of sp³-hybridized carbons (Fsp3) is 0.429. The highest BCUT2D eigenvalue weighted by atomic mass is 32.2. The minimum absolute atomic E-state index is 0.596. The number of thioether (sulfide) groups is 1. The molecule has 2 aromatic heterocycles. The quantitative estimate of drug-likeness (QED) is 0.521. The van der Waals surface area contributed by atoms with Crippen LogP contribution in [0, 0.1) is 13.8 Å². The first-order chi connectivity index (χ1) is 13.2. The Kier molecular flexibility index (Phi) is 5.25. The fourth-order valence-corrected chi connectivity index (χ4v) is 4.74. The topological polar surface area (TPSA) is 53.1 Å². The van der Waals surface area contributed by atoms with Gasteiger partial charge in [0.25, 0.3) is 0 Å².